The van der Waals surface area contributed by atoms with Crippen molar-refractivity contribution in [1.29, 1.82) is 0 Å². The summed E-state index contributed by atoms with van der Waals surface area (Å²) in [6.07, 6.45) is 5.46. The van der Waals surface area contributed by atoms with Gasteiger partial charge in [0.25, 0.3) is 0 Å². The van der Waals surface area contributed by atoms with E-state index in [0.717, 1.165) is 28.4 Å². The van der Waals surface area contributed by atoms with E-state index in [0.29, 0.717) is 0 Å². The predicted molar refractivity (Wildman–Crippen MR) is 78.1 cm³/mol. The number of nitrogens with zero attached hydrogens (tertiary/aromatic N) is 6. The Morgan fingerprint density at radius 3 is 2.57 bits per heavy atom. The molecule has 3 heterocycles. The fourth-order valence-electron chi connectivity index (χ4n) is 2.27. The molecule has 0 saturated carbocycles. The quantitative estimate of drug-likeness (QED) is 0.563. The van der Waals surface area contributed by atoms with E-state index in [-0.39, 0.29) is 0 Å². The fourth-order valence-corrected chi connectivity index (χ4v) is 2.27. The van der Waals surface area contributed by atoms with Crippen LogP contribution in [0.1, 0.15) is 5.82 Å². The van der Waals surface area contributed by atoms with Gasteiger partial charge < -0.3 is 4.57 Å². The molecule has 0 amide bonds. The van der Waals surface area contributed by atoms with Crippen molar-refractivity contribution in [2.75, 3.05) is 0 Å². The summed E-state index contributed by atoms with van der Waals surface area (Å²) in [5.74, 6) is 0.780. The first kappa shape index (κ1) is 11.8. The molecule has 0 saturated heterocycles. The van der Waals surface area contributed by atoms with Crippen molar-refractivity contribution < 1.29 is 0 Å². The van der Waals surface area contributed by atoms with Gasteiger partial charge in [-0.3, -0.25) is 0 Å². The zero-order chi connectivity index (χ0) is 14.2. The van der Waals surface area contributed by atoms with Crippen molar-refractivity contribution in [3.63, 3.8) is 0 Å². The van der Waals surface area contributed by atoms with E-state index in [1.807, 2.05) is 54.1 Å². The van der Waals surface area contributed by atoms with Crippen molar-refractivity contribution in [2.45, 2.75) is 6.92 Å². The third kappa shape index (κ3) is 1.97. The molecule has 0 fully saturated rings. The predicted octanol–water partition coefficient (Wildman–Crippen LogP) is 2.29. The topological polar surface area (TPSA) is 60.9 Å². The van der Waals surface area contributed by atoms with Crippen LogP contribution in [0.3, 0.4) is 0 Å². The van der Waals surface area contributed by atoms with Crippen molar-refractivity contribution in [3.05, 3.63) is 60.9 Å². The lowest BCUT2D eigenvalue weighted by Crippen LogP contribution is -1.97. The van der Waals surface area contributed by atoms with Crippen LogP contribution < -0.4 is 0 Å². The Labute approximate surface area is 120 Å². The summed E-state index contributed by atoms with van der Waals surface area (Å²) in [5, 5.41) is 12.6. The van der Waals surface area contributed by atoms with Crippen LogP contribution in [-0.4, -0.2) is 29.4 Å². The molecule has 0 aliphatic rings. The van der Waals surface area contributed by atoms with E-state index in [1.54, 1.807) is 17.0 Å². The van der Waals surface area contributed by atoms with E-state index < -0.39 is 0 Å². The van der Waals surface area contributed by atoms with Gasteiger partial charge in [-0.15, -0.1) is 10.2 Å². The molecule has 6 nitrogen and oxygen atoms in total. The van der Waals surface area contributed by atoms with Crippen LogP contribution in [0.4, 0.5) is 0 Å². The third-order valence-corrected chi connectivity index (χ3v) is 3.38. The molecule has 0 N–H and O–H groups in total. The minimum Gasteiger partial charge on any atom is -0.306 e. The first-order valence-corrected chi connectivity index (χ1v) is 6.59. The molecule has 3 aromatic heterocycles. The van der Waals surface area contributed by atoms with Gasteiger partial charge in [-0.25, -0.2) is 4.98 Å². The number of hydrogen-bond acceptors (Lipinski definition) is 4. The summed E-state index contributed by atoms with van der Waals surface area (Å²) >= 11 is 0. The van der Waals surface area contributed by atoms with Crippen LogP contribution in [-0.2, 0) is 0 Å². The summed E-state index contributed by atoms with van der Waals surface area (Å²) < 4.78 is 3.71. The number of aromatic nitrogens is 6. The Morgan fingerprint density at radius 1 is 0.952 bits per heavy atom. The summed E-state index contributed by atoms with van der Waals surface area (Å²) in [6, 6.07) is 12.1. The Bertz CT molecular complexity index is 890. The molecule has 4 aromatic rings. The summed E-state index contributed by atoms with van der Waals surface area (Å²) in [7, 11) is 0. The molecule has 1 aromatic carbocycles. The summed E-state index contributed by atoms with van der Waals surface area (Å²) in [6.45, 7) is 1.89. The second kappa shape index (κ2) is 4.52. The van der Waals surface area contributed by atoms with Gasteiger partial charge in [0.05, 0.1) is 12.0 Å². The Balaban J connectivity index is 1.76. The van der Waals surface area contributed by atoms with Gasteiger partial charge in [0.1, 0.15) is 0 Å². The van der Waals surface area contributed by atoms with Gasteiger partial charge in [-0.1, -0.05) is 12.1 Å². The van der Waals surface area contributed by atoms with Crippen LogP contribution >= 0.6 is 0 Å². The third-order valence-electron chi connectivity index (χ3n) is 3.38. The van der Waals surface area contributed by atoms with E-state index in [9.17, 15) is 0 Å². The molecule has 4 rings (SSSR count). The minimum absolute atomic E-state index is 0.756. The van der Waals surface area contributed by atoms with Gasteiger partial charge in [0, 0.05) is 23.6 Å². The first-order chi connectivity index (χ1) is 10.3. The molecule has 0 bridgehead atoms. The Morgan fingerprint density at radius 2 is 1.81 bits per heavy atom. The highest BCUT2D eigenvalue weighted by Crippen LogP contribution is 2.19. The largest absolute Gasteiger partial charge is 0.306 e. The van der Waals surface area contributed by atoms with E-state index >= 15 is 0 Å². The molecule has 21 heavy (non-hydrogen) atoms. The van der Waals surface area contributed by atoms with Crippen LogP contribution in [0.2, 0.25) is 0 Å². The molecule has 0 atom stereocenters. The summed E-state index contributed by atoms with van der Waals surface area (Å²) in [4.78, 5) is 4.05. The smallest absolute Gasteiger partial charge is 0.177 e. The lowest BCUT2D eigenvalue weighted by Gasteiger charge is -2.05. The van der Waals surface area contributed by atoms with Crippen molar-refractivity contribution in [3.8, 4) is 16.9 Å². The molecular weight excluding hydrogens is 264 g/mol. The van der Waals surface area contributed by atoms with E-state index in [1.165, 1.54) is 0 Å². The Hall–Kier alpha value is -3.02. The molecule has 0 aliphatic heterocycles. The zero-order valence-corrected chi connectivity index (χ0v) is 11.4. The SMILES string of the molecule is Cc1nnc2ccc(-c3ccc(-n4ccnc4)cc3)nn12. The molecule has 102 valence electrons. The first-order valence-electron chi connectivity index (χ1n) is 6.59. The highest BCUT2D eigenvalue weighted by molar-refractivity contribution is 5.61. The number of fused-ring (bicyclic) bond motifs is 1. The standard InChI is InChI=1S/C15H12N6/c1-11-17-18-15-7-6-14(19-21(11)15)12-2-4-13(5-3-12)20-9-8-16-10-20/h2-10H,1H3. The van der Waals surface area contributed by atoms with Gasteiger partial charge in [0.15, 0.2) is 11.5 Å². The van der Waals surface area contributed by atoms with Crippen LogP contribution in [0, 0.1) is 6.92 Å². The number of imidazole rings is 1. The molecule has 6 heteroatoms. The van der Waals surface area contributed by atoms with Gasteiger partial charge in [0.2, 0.25) is 0 Å². The summed E-state index contributed by atoms with van der Waals surface area (Å²) in [5.41, 5.74) is 3.76. The molecule has 0 unspecified atom stereocenters. The maximum absolute atomic E-state index is 4.57. The van der Waals surface area contributed by atoms with Gasteiger partial charge in [-0.2, -0.15) is 9.61 Å². The zero-order valence-electron chi connectivity index (χ0n) is 11.4. The molecule has 0 radical (unpaired) electrons. The molecule has 0 aliphatic carbocycles. The van der Waals surface area contributed by atoms with Crippen LogP contribution in [0.15, 0.2) is 55.1 Å². The van der Waals surface area contributed by atoms with Crippen molar-refractivity contribution in [1.82, 2.24) is 29.4 Å². The normalized spacial score (nSPS) is 11.1. The Kier molecular flexibility index (Phi) is 2.53. The van der Waals surface area contributed by atoms with Gasteiger partial charge in [-0.05, 0) is 31.2 Å². The lowest BCUT2D eigenvalue weighted by atomic mass is 10.1. The highest BCUT2D eigenvalue weighted by Gasteiger charge is 2.05. The number of aryl methyl sites for hydroxylation is 1. The van der Waals surface area contributed by atoms with Crippen molar-refractivity contribution >= 4 is 5.65 Å². The highest BCUT2D eigenvalue weighted by atomic mass is 15.4. The average molecular weight is 276 g/mol. The lowest BCUT2D eigenvalue weighted by molar-refractivity contribution is 0.880. The van der Waals surface area contributed by atoms with E-state index in [2.05, 4.69) is 20.3 Å². The number of rotatable bonds is 2. The van der Waals surface area contributed by atoms with Gasteiger partial charge >= 0.3 is 0 Å². The number of benzene rings is 1. The molecular formula is C15H12N6. The molecule has 0 spiro atoms. The monoisotopic (exact) mass is 276 g/mol. The van der Waals surface area contributed by atoms with Crippen LogP contribution in [0.5, 0.6) is 0 Å². The minimum atomic E-state index is 0.756. The second-order valence-electron chi connectivity index (χ2n) is 4.75. The van der Waals surface area contributed by atoms with Crippen molar-refractivity contribution in [2.24, 2.45) is 0 Å². The maximum atomic E-state index is 4.57. The second-order valence-corrected chi connectivity index (χ2v) is 4.75. The average Bonchev–Trinajstić information content (AvgIpc) is 3.18. The fraction of sp³-hybridized carbons (Fsp3) is 0.0667. The van der Waals surface area contributed by atoms with E-state index in [4.69, 9.17) is 0 Å². The maximum Gasteiger partial charge on any atom is 0.177 e. The van der Waals surface area contributed by atoms with Crippen LogP contribution in [0.25, 0.3) is 22.6 Å². The number of hydrogen-bond donors (Lipinski definition) is 0.